The van der Waals surface area contributed by atoms with Crippen molar-refractivity contribution in [2.24, 2.45) is 0 Å². The van der Waals surface area contributed by atoms with Crippen LogP contribution in [-0.2, 0) is 47.4 Å². The smallest absolute Gasteiger partial charge is 0.299 e. The molecule has 264 valence electrons. The van der Waals surface area contributed by atoms with Crippen LogP contribution in [0.3, 0.4) is 0 Å². The van der Waals surface area contributed by atoms with Crippen molar-refractivity contribution in [2.45, 2.75) is 0 Å². The van der Waals surface area contributed by atoms with Crippen LogP contribution >= 0.6 is 0 Å². The molecule has 0 aliphatic rings. The minimum atomic E-state index is -0.681. The number of anilines is 1. The average Bonchev–Trinajstić information content (AvgIpc) is 3.05. The second-order valence-corrected chi connectivity index (χ2v) is 9.02. The van der Waals surface area contributed by atoms with E-state index in [4.69, 9.17) is 47.4 Å². The Morgan fingerprint density at radius 3 is 1.22 bits per heavy atom. The van der Waals surface area contributed by atoms with Gasteiger partial charge in [0.1, 0.15) is 5.69 Å². The zero-order valence-electron chi connectivity index (χ0n) is 26.5. The molecule has 1 aromatic rings. The maximum Gasteiger partial charge on any atom is 0.299 e. The molecule has 0 bridgehead atoms. The first kappa shape index (κ1) is 41.2. The molecule has 46 heavy (non-hydrogen) atoms. The van der Waals surface area contributed by atoms with Crippen molar-refractivity contribution in [2.75, 3.05) is 144 Å². The summed E-state index contributed by atoms with van der Waals surface area (Å²) < 4.78 is 54.0. The number of ether oxygens (including phenoxy) is 10. The lowest BCUT2D eigenvalue weighted by molar-refractivity contribution is -0.393. The molecule has 0 aromatic heterocycles. The Kier molecular flexibility index (Phi) is 27.6. The Labute approximate surface area is 269 Å². The molecule has 0 aliphatic heterocycles. The molecular formula is C29H49N3O14. The molecule has 0 atom stereocenters. The fourth-order valence-corrected chi connectivity index (χ4v) is 3.34. The van der Waals surface area contributed by atoms with Crippen molar-refractivity contribution < 1.29 is 57.2 Å². The van der Waals surface area contributed by atoms with Gasteiger partial charge in [-0.15, -0.1) is 6.58 Å². The van der Waals surface area contributed by atoms with Gasteiger partial charge in [-0.3, -0.25) is 20.2 Å². The lowest BCUT2D eigenvalue weighted by Crippen LogP contribution is -2.16. The van der Waals surface area contributed by atoms with Gasteiger partial charge in [0.25, 0.3) is 11.4 Å². The highest BCUT2D eigenvalue weighted by Gasteiger charge is 2.19. The van der Waals surface area contributed by atoms with Gasteiger partial charge < -0.3 is 52.7 Å². The van der Waals surface area contributed by atoms with Crippen molar-refractivity contribution in [3.8, 4) is 0 Å². The van der Waals surface area contributed by atoms with Crippen LogP contribution in [0.2, 0.25) is 0 Å². The normalized spacial score (nSPS) is 11.1. The van der Waals surface area contributed by atoms with E-state index in [0.29, 0.717) is 132 Å². The molecule has 0 amide bonds. The molecule has 0 saturated carbocycles. The predicted molar refractivity (Wildman–Crippen MR) is 167 cm³/mol. The van der Waals surface area contributed by atoms with E-state index in [1.54, 1.807) is 6.08 Å². The highest BCUT2D eigenvalue weighted by molar-refractivity contribution is 5.65. The number of benzene rings is 1. The van der Waals surface area contributed by atoms with Crippen molar-refractivity contribution in [1.29, 1.82) is 0 Å². The molecule has 0 radical (unpaired) electrons. The van der Waals surface area contributed by atoms with Crippen LogP contribution < -0.4 is 5.32 Å². The maximum absolute atomic E-state index is 11.1. The molecule has 0 aliphatic carbocycles. The molecule has 0 spiro atoms. The second-order valence-electron chi connectivity index (χ2n) is 9.02. The van der Waals surface area contributed by atoms with E-state index in [0.717, 1.165) is 6.07 Å². The highest BCUT2D eigenvalue weighted by atomic mass is 16.6. The van der Waals surface area contributed by atoms with Crippen LogP contribution in [0.1, 0.15) is 0 Å². The predicted octanol–water partition coefficient (Wildman–Crippen LogP) is 2.27. The number of non-ortho nitro benzene ring substituents is 1. The van der Waals surface area contributed by atoms with Gasteiger partial charge in [0.05, 0.1) is 148 Å². The highest BCUT2D eigenvalue weighted by Crippen LogP contribution is 2.28. The summed E-state index contributed by atoms with van der Waals surface area (Å²) >= 11 is 0. The summed E-state index contributed by atoms with van der Waals surface area (Å²) in [4.78, 5) is 20.6. The summed E-state index contributed by atoms with van der Waals surface area (Å²) in [7, 11) is 0. The first-order valence-electron chi connectivity index (χ1n) is 15.1. The van der Waals surface area contributed by atoms with Crippen LogP contribution in [-0.4, -0.2) is 149 Å². The fraction of sp³-hybridized carbons (Fsp3) is 0.724. The Bertz CT molecular complexity index is 912. The van der Waals surface area contributed by atoms with Crippen LogP contribution in [0.5, 0.6) is 0 Å². The molecule has 17 nitrogen and oxygen atoms in total. The zero-order valence-corrected chi connectivity index (χ0v) is 26.5. The molecule has 1 aromatic carbocycles. The Balaban J connectivity index is 1.74. The topological polar surface area (TPSA) is 191 Å². The number of hydrogen-bond acceptors (Lipinski definition) is 15. The van der Waals surface area contributed by atoms with Gasteiger partial charge in [0.15, 0.2) is 0 Å². The standard InChI is InChI=1S/C29H49N3O14/c1-2-6-37-8-10-39-12-14-41-16-18-43-20-22-45-24-25-46-23-21-44-19-17-42-15-13-40-11-9-38-7-5-30-28-4-3-27(31(33)34)26-29(28)32(35)36/h2-4,26,30H,1,5-25H2. The lowest BCUT2D eigenvalue weighted by atomic mass is 10.2. The monoisotopic (exact) mass is 663 g/mol. The summed E-state index contributed by atoms with van der Waals surface area (Å²) in [5, 5.41) is 24.8. The van der Waals surface area contributed by atoms with Crippen LogP contribution in [0.25, 0.3) is 0 Å². The first-order chi connectivity index (χ1) is 22.6. The van der Waals surface area contributed by atoms with Crippen molar-refractivity contribution in [1.82, 2.24) is 0 Å². The number of nitro groups is 2. The largest absolute Gasteiger partial charge is 0.377 e. The number of nitrogens with one attached hydrogen (secondary N) is 1. The summed E-state index contributed by atoms with van der Waals surface area (Å²) in [5.41, 5.74) is -0.524. The maximum atomic E-state index is 11.1. The van der Waals surface area contributed by atoms with Crippen molar-refractivity contribution in [3.63, 3.8) is 0 Å². The molecular weight excluding hydrogens is 614 g/mol. The SMILES string of the molecule is C=CCOCCOCCOCCOCCOCCOCCOCCOCCOCCOCCNc1ccc([N+](=O)[O-])cc1[N+](=O)[O-]. The van der Waals surface area contributed by atoms with Gasteiger partial charge in [-0.2, -0.15) is 0 Å². The van der Waals surface area contributed by atoms with E-state index < -0.39 is 9.85 Å². The summed E-state index contributed by atoms with van der Waals surface area (Å²) in [6.07, 6.45) is 1.70. The van der Waals surface area contributed by atoms with Gasteiger partial charge in [0.2, 0.25) is 0 Å². The van der Waals surface area contributed by atoms with E-state index in [-0.39, 0.29) is 23.7 Å². The summed E-state index contributed by atoms with van der Waals surface area (Å²) in [6.45, 7) is 13.1. The van der Waals surface area contributed by atoms with Crippen LogP contribution in [0, 0.1) is 20.2 Å². The molecule has 1 N–H and O–H groups in total. The van der Waals surface area contributed by atoms with Crippen molar-refractivity contribution in [3.05, 3.63) is 51.1 Å². The minimum absolute atomic E-state index is 0.186. The van der Waals surface area contributed by atoms with E-state index in [2.05, 4.69) is 11.9 Å². The van der Waals surface area contributed by atoms with Gasteiger partial charge in [-0.25, -0.2) is 0 Å². The Morgan fingerprint density at radius 1 is 0.543 bits per heavy atom. The van der Waals surface area contributed by atoms with Gasteiger partial charge in [-0.1, -0.05) is 6.08 Å². The molecule has 0 saturated heterocycles. The van der Waals surface area contributed by atoms with Gasteiger partial charge in [-0.05, 0) is 6.07 Å². The number of nitrogens with zero attached hydrogens (tertiary/aromatic N) is 2. The third-order valence-corrected chi connectivity index (χ3v) is 5.53. The lowest BCUT2D eigenvalue weighted by Gasteiger charge is -2.09. The van der Waals surface area contributed by atoms with Crippen LogP contribution in [0.4, 0.5) is 17.1 Å². The minimum Gasteiger partial charge on any atom is -0.377 e. The number of hydrogen-bond donors (Lipinski definition) is 1. The van der Waals surface area contributed by atoms with E-state index >= 15 is 0 Å². The summed E-state index contributed by atoms with van der Waals surface area (Å²) in [6, 6.07) is 3.43. The molecule has 0 unspecified atom stereocenters. The Morgan fingerprint density at radius 2 is 0.891 bits per heavy atom. The molecule has 1 rings (SSSR count). The number of rotatable bonds is 35. The Hall–Kier alpha value is -2.84. The van der Waals surface area contributed by atoms with E-state index in [9.17, 15) is 20.2 Å². The van der Waals surface area contributed by atoms with Gasteiger partial charge >= 0.3 is 0 Å². The van der Waals surface area contributed by atoms with E-state index in [1.165, 1.54) is 12.1 Å². The molecule has 17 heteroatoms. The molecule has 0 heterocycles. The van der Waals surface area contributed by atoms with E-state index in [1.807, 2.05) is 0 Å². The summed E-state index contributed by atoms with van der Waals surface area (Å²) in [5.74, 6) is 0. The zero-order chi connectivity index (χ0) is 33.3. The third kappa shape index (κ3) is 24.4. The number of nitro benzene ring substituents is 2. The van der Waals surface area contributed by atoms with Crippen LogP contribution in [0.15, 0.2) is 30.9 Å². The fourth-order valence-electron chi connectivity index (χ4n) is 3.34. The van der Waals surface area contributed by atoms with Crippen molar-refractivity contribution >= 4 is 17.1 Å². The first-order valence-corrected chi connectivity index (χ1v) is 15.1. The van der Waals surface area contributed by atoms with Gasteiger partial charge in [0, 0.05) is 12.6 Å². The molecule has 0 fully saturated rings. The second kappa shape index (κ2) is 30.8. The average molecular weight is 664 g/mol. The quantitative estimate of drug-likeness (QED) is 0.0481. The third-order valence-electron chi connectivity index (χ3n) is 5.53.